The van der Waals surface area contributed by atoms with Crippen molar-refractivity contribution in [3.05, 3.63) is 33.8 Å². The van der Waals surface area contributed by atoms with Gasteiger partial charge in [0.05, 0.1) is 10.0 Å². The Morgan fingerprint density at radius 1 is 1.13 bits per heavy atom. The highest BCUT2D eigenvalue weighted by Gasteiger charge is 2.22. The minimum absolute atomic E-state index is 0.0179. The van der Waals surface area contributed by atoms with Gasteiger partial charge in [-0.05, 0) is 50.0 Å². The SMILES string of the molecule is CCCC(CN(CC)CCC(C)C)C(=O)c1ccc(Cl)c(Cl)c1. The molecule has 1 aromatic carbocycles. The molecule has 1 atom stereocenters. The fourth-order valence-electron chi connectivity index (χ4n) is 2.67. The maximum Gasteiger partial charge on any atom is 0.167 e. The van der Waals surface area contributed by atoms with Gasteiger partial charge in [-0.3, -0.25) is 4.79 Å². The number of ketones is 1. The van der Waals surface area contributed by atoms with Crippen molar-refractivity contribution in [3.8, 4) is 0 Å². The van der Waals surface area contributed by atoms with Crippen molar-refractivity contribution in [2.24, 2.45) is 11.8 Å². The quantitative estimate of drug-likeness (QED) is 0.481. The molecule has 4 heteroatoms. The van der Waals surface area contributed by atoms with Gasteiger partial charge in [0.25, 0.3) is 0 Å². The lowest BCUT2D eigenvalue weighted by Crippen LogP contribution is -2.34. The Labute approximate surface area is 151 Å². The third-order valence-electron chi connectivity index (χ3n) is 4.16. The molecule has 1 aromatic rings. The summed E-state index contributed by atoms with van der Waals surface area (Å²) in [6.45, 7) is 11.6. The van der Waals surface area contributed by atoms with Gasteiger partial charge in [0.15, 0.2) is 5.78 Å². The Hall–Kier alpha value is -0.570. The van der Waals surface area contributed by atoms with E-state index in [9.17, 15) is 4.79 Å². The van der Waals surface area contributed by atoms with Crippen LogP contribution >= 0.6 is 23.2 Å². The zero-order valence-corrected chi connectivity index (χ0v) is 16.3. The molecule has 23 heavy (non-hydrogen) atoms. The van der Waals surface area contributed by atoms with E-state index in [0.29, 0.717) is 21.5 Å². The summed E-state index contributed by atoms with van der Waals surface area (Å²) in [6, 6.07) is 5.18. The lowest BCUT2D eigenvalue weighted by molar-refractivity contribution is 0.0870. The third kappa shape index (κ3) is 6.82. The number of halogens is 2. The van der Waals surface area contributed by atoms with Crippen LogP contribution in [0.3, 0.4) is 0 Å². The number of carbonyl (C=O) groups excluding carboxylic acids is 1. The molecule has 0 spiro atoms. The van der Waals surface area contributed by atoms with Crippen molar-refractivity contribution in [3.63, 3.8) is 0 Å². The van der Waals surface area contributed by atoms with Crippen molar-refractivity contribution < 1.29 is 4.79 Å². The molecule has 0 bridgehead atoms. The molecule has 0 saturated heterocycles. The molecule has 0 aromatic heterocycles. The van der Waals surface area contributed by atoms with Crippen LogP contribution in [0.2, 0.25) is 10.0 Å². The summed E-state index contributed by atoms with van der Waals surface area (Å²) in [5.74, 6) is 0.872. The summed E-state index contributed by atoms with van der Waals surface area (Å²) in [5, 5.41) is 0.933. The van der Waals surface area contributed by atoms with Crippen molar-refractivity contribution in [2.75, 3.05) is 19.6 Å². The van der Waals surface area contributed by atoms with E-state index in [2.05, 4.69) is 32.6 Å². The molecular formula is C19H29Cl2NO. The molecule has 0 radical (unpaired) electrons. The van der Waals surface area contributed by atoms with E-state index < -0.39 is 0 Å². The molecule has 130 valence electrons. The first-order valence-corrected chi connectivity index (χ1v) is 9.36. The molecule has 1 unspecified atom stereocenters. The van der Waals surface area contributed by atoms with Crippen LogP contribution < -0.4 is 0 Å². The summed E-state index contributed by atoms with van der Waals surface area (Å²) >= 11 is 12.0. The molecular weight excluding hydrogens is 329 g/mol. The monoisotopic (exact) mass is 357 g/mol. The first kappa shape index (κ1) is 20.5. The second-order valence-corrected chi connectivity index (χ2v) is 7.37. The van der Waals surface area contributed by atoms with Gasteiger partial charge < -0.3 is 4.90 Å². The number of nitrogens with zero attached hydrogens (tertiary/aromatic N) is 1. The van der Waals surface area contributed by atoms with Crippen LogP contribution in [0.15, 0.2) is 18.2 Å². The Balaban J connectivity index is 2.82. The average molecular weight is 358 g/mol. The standard InChI is InChI=1S/C19H29Cl2NO/c1-5-7-16(13-22(6-2)11-10-14(3)4)19(23)15-8-9-17(20)18(21)12-15/h8-9,12,14,16H,5-7,10-11,13H2,1-4H3. The zero-order valence-electron chi connectivity index (χ0n) is 14.7. The molecule has 0 saturated carbocycles. The minimum Gasteiger partial charge on any atom is -0.303 e. The highest BCUT2D eigenvalue weighted by molar-refractivity contribution is 6.42. The summed E-state index contributed by atoms with van der Waals surface area (Å²) in [4.78, 5) is 15.2. The summed E-state index contributed by atoms with van der Waals surface area (Å²) in [7, 11) is 0. The molecule has 0 N–H and O–H groups in total. The summed E-state index contributed by atoms with van der Waals surface area (Å²) < 4.78 is 0. The number of hydrogen-bond acceptors (Lipinski definition) is 2. The lowest BCUT2D eigenvalue weighted by Gasteiger charge is -2.26. The maximum absolute atomic E-state index is 12.9. The van der Waals surface area contributed by atoms with Gasteiger partial charge in [0.1, 0.15) is 0 Å². The first-order chi connectivity index (χ1) is 10.9. The zero-order chi connectivity index (χ0) is 17.4. The molecule has 0 amide bonds. The molecule has 0 heterocycles. The van der Waals surface area contributed by atoms with E-state index in [-0.39, 0.29) is 11.7 Å². The highest BCUT2D eigenvalue weighted by atomic mass is 35.5. The number of rotatable bonds is 10. The fraction of sp³-hybridized carbons (Fsp3) is 0.632. The van der Waals surface area contributed by atoms with Gasteiger partial charge in [-0.2, -0.15) is 0 Å². The number of hydrogen-bond donors (Lipinski definition) is 0. The smallest absolute Gasteiger partial charge is 0.167 e. The molecule has 0 fully saturated rings. The molecule has 0 aliphatic rings. The van der Waals surface area contributed by atoms with Crippen LogP contribution in [0.1, 0.15) is 57.3 Å². The van der Waals surface area contributed by atoms with E-state index in [1.807, 2.05) is 0 Å². The van der Waals surface area contributed by atoms with Crippen molar-refractivity contribution >= 4 is 29.0 Å². The Morgan fingerprint density at radius 3 is 2.35 bits per heavy atom. The number of Topliss-reactive ketones (excluding diaryl/α,β-unsaturated/α-hetero) is 1. The van der Waals surface area contributed by atoms with Gasteiger partial charge in [0.2, 0.25) is 0 Å². The van der Waals surface area contributed by atoms with Crippen molar-refractivity contribution in [1.29, 1.82) is 0 Å². The van der Waals surface area contributed by atoms with Gasteiger partial charge >= 0.3 is 0 Å². The normalized spacial score (nSPS) is 12.9. The van der Waals surface area contributed by atoms with Crippen LogP contribution in [0.4, 0.5) is 0 Å². The molecule has 0 aliphatic heterocycles. The van der Waals surface area contributed by atoms with Crippen molar-refractivity contribution in [1.82, 2.24) is 4.90 Å². The molecule has 1 rings (SSSR count). The third-order valence-corrected chi connectivity index (χ3v) is 4.90. The average Bonchev–Trinajstić information content (AvgIpc) is 2.52. The Kier molecular flexibility index (Phi) is 9.19. The Morgan fingerprint density at radius 2 is 1.83 bits per heavy atom. The summed E-state index contributed by atoms with van der Waals surface area (Å²) in [5.41, 5.74) is 0.665. The summed E-state index contributed by atoms with van der Waals surface area (Å²) in [6.07, 6.45) is 3.06. The Bertz CT molecular complexity index is 502. The highest BCUT2D eigenvalue weighted by Crippen LogP contribution is 2.25. The van der Waals surface area contributed by atoms with Gasteiger partial charge in [-0.25, -0.2) is 0 Å². The number of benzene rings is 1. The second kappa shape index (κ2) is 10.3. The van der Waals surface area contributed by atoms with Crippen LogP contribution in [-0.4, -0.2) is 30.3 Å². The largest absolute Gasteiger partial charge is 0.303 e. The lowest BCUT2D eigenvalue weighted by atomic mass is 9.92. The topological polar surface area (TPSA) is 20.3 Å². The van der Waals surface area contributed by atoms with E-state index in [1.165, 1.54) is 0 Å². The second-order valence-electron chi connectivity index (χ2n) is 6.55. The maximum atomic E-state index is 12.9. The fourth-order valence-corrected chi connectivity index (χ4v) is 2.97. The van der Waals surface area contributed by atoms with Gasteiger partial charge in [-0.15, -0.1) is 0 Å². The number of carbonyl (C=O) groups is 1. The van der Waals surface area contributed by atoms with Crippen LogP contribution in [-0.2, 0) is 0 Å². The van der Waals surface area contributed by atoms with E-state index in [1.54, 1.807) is 18.2 Å². The van der Waals surface area contributed by atoms with E-state index in [4.69, 9.17) is 23.2 Å². The minimum atomic E-state index is 0.0179. The predicted octanol–water partition coefficient (Wildman–Crippen LogP) is 5.96. The van der Waals surface area contributed by atoms with Gasteiger partial charge in [0, 0.05) is 18.0 Å². The predicted molar refractivity (Wildman–Crippen MR) is 101 cm³/mol. The van der Waals surface area contributed by atoms with E-state index in [0.717, 1.165) is 38.9 Å². The van der Waals surface area contributed by atoms with Gasteiger partial charge in [-0.1, -0.05) is 57.3 Å². The molecule has 0 aliphatic carbocycles. The van der Waals surface area contributed by atoms with Crippen LogP contribution in [0.25, 0.3) is 0 Å². The van der Waals surface area contributed by atoms with Crippen LogP contribution in [0, 0.1) is 11.8 Å². The van der Waals surface area contributed by atoms with E-state index >= 15 is 0 Å². The van der Waals surface area contributed by atoms with Crippen LogP contribution in [0.5, 0.6) is 0 Å². The first-order valence-electron chi connectivity index (χ1n) is 8.60. The van der Waals surface area contributed by atoms with Crippen molar-refractivity contribution in [2.45, 2.75) is 47.0 Å². The molecule has 2 nitrogen and oxygen atoms in total.